The molecule has 0 heterocycles. The molecule has 1 aromatic rings. The van der Waals surface area contributed by atoms with Gasteiger partial charge in [0.25, 0.3) is 0 Å². The molecule has 0 fully saturated rings. The van der Waals surface area contributed by atoms with Crippen LogP contribution < -0.4 is 9.46 Å². The summed E-state index contributed by atoms with van der Waals surface area (Å²) in [6.45, 7) is 3.53. The summed E-state index contributed by atoms with van der Waals surface area (Å²) in [4.78, 5) is 22.3. The lowest BCUT2D eigenvalue weighted by molar-refractivity contribution is -0.148. The lowest BCUT2D eigenvalue weighted by Crippen LogP contribution is -2.27. The Labute approximate surface area is 191 Å². The van der Waals surface area contributed by atoms with Gasteiger partial charge in [0.1, 0.15) is 18.5 Å². The Morgan fingerprint density at radius 1 is 1.16 bits per heavy atom. The molecule has 8 nitrogen and oxygen atoms in total. The first kappa shape index (κ1) is 27.5. The predicted octanol–water partition coefficient (Wildman–Crippen LogP) is 2.74. The monoisotopic (exact) mass is 467 g/mol. The lowest BCUT2D eigenvalue weighted by Gasteiger charge is -2.18. The Hall–Kier alpha value is -2.57. The molecule has 0 aliphatic carbocycles. The van der Waals surface area contributed by atoms with Gasteiger partial charge in [-0.1, -0.05) is 18.1 Å². The number of rotatable bonds is 14. The summed E-state index contributed by atoms with van der Waals surface area (Å²) in [5.41, 5.74) is 1.06. The summed E-state index contributed by atoms with van der Waals surface area (Å²) in [5, 5.41) is 0. The van der Waals surface area contributed by atoms with Crippen molar-refractivity contribution < 1.29 is 32.2 Å². The van der Waals surface area contributed by atoms with E-state index in [9.17, 15) is 18.0 Å². The topological polar surface area (TPSA) is 108 Å². The fourth-order valence-electron chi connectivity index (χ4n) is 2.76. The van der Waals surface area contributed by atoms with Crippen molar-refractivity contribution in [2.24, 2.45) is 0 Å². The molecule has 0 bridgehead atoms. The van der Waals surface area contributed by atoms with Crippen LogP contribution in [-0.2, 0) is 29.1 Å². The van der Waals surface area contributed by atoms with Gasteiger partial charge in [-0.25, -0.2) is 13.1 Å². The molecule has 0 spiro atoms. The van der Waals surface area contributed by atoms with Crippen LogP contribution in [0.5, 0.6) is 5.75 Å². The van der Waals surface area contributed by atoms with E-state index in [1.807, 2.05) is 31.2 Å². The van der Waals surface area contributed by atoms with E-state index in [0.29, 0.717) is 44.3 Å². The summed E-state index contributed by atoms with van der Waals surface area (Å²) in [5.74, 6) is 5.52. The van der Waals surface area contributed by atoms with E-state index >= 15 is 0 Å². The number of aryl methyl sites for hydroxylation is 1. The van der Waals surface area contributed by atoms with Gasteiger partial charge in [-0.2, -0.15) is 0 Å². The quantitative estimate of drug-likeness (QED) is 0.255. The van der Waals surface area contributed by atoms with E-state index in [-0.39, 0.29) is 24.9 Å². The van der Waals surface area contributed by atoms with Crippen LogP contribution >= 0.6 is 0 Å². The molecule has 1 N–H and O–H groups in total. The van der Waals surface area contributed by atoms with Crippen LogP contribution in [0.3, 0.4) is 0 Å². The second-order valence-corrected chi connectivity index (χ2v) is 9.20. The van der Waals surface area contributed by atoms with Crippen LogP contribution in [0.15, 0.2) is 24.3 Å². The number of hydrogen-bond acceptors (Lipinski definition) is 7. The number of methoxy groups -OCH3 is 1. The highest BCUT2D eigenvalue weighted by Crippen LogP contribution is 2.15. The maximum Gasteiger partial charge on any atom is 0.305 e. The molecule has 9 heteroatoms. The van der Waals surface area contributed by atoms with Gasteiger partial charge in [0.2, 0.25) is 10.0 Å². The van der Waals surface area contributed by atoms with Gasteiger partial charge in [0, 0.05) is 19.8 Å². The van der Waals surface area contributed by atoms with Crippen LogP contribution in [0.4, 0.5) is 0 Å². The van der Waals surface area contributed by atoms with Gasteiger partial charge in [0.15, 0.2) is 0 Å². The van der Waals surface area contributed by atoms with Crippen molar-refractivity contribution >= 4 is 22.0 Å². The van der Waals surface area contributed by atoms with Crippen molar-refractivity contribution in [3.8, 4) is 17.6 Å². The molecule has 1 unspecified atom stereocenters. The fraction of sp³-hybridized carbons (Fsp3) is 0.565. The van der Waals surface area contributed by atoms with Crippen molar-refractivity contribution in [3.05, 3.63) is 29.8 Å². The van der Waals surface area contributed by atoms with Crippen LogP contribution in [0.1, 0.15) is 51.0 Å². The number of sulfonamides is 1. The van der Waals surface area contributed by atoms with E-state index in [4.69, 9.17) is 9.47 Å². The molecule has 0 amide bonds. The highest BCUT2D eigenvalue weighted by molar-refractivity contribution is 7.89. The summed E-state index contributed by atoms with van der Waals surface area (Å²) in [7, 11) is -2.11. The SMILES string of the molecule is COC(=O)CCCC#CCNS(=O)(=O)CCCCC(COc1cccc(C)c1)OC(C)=O. The predicted molar refractivity (Wildman–Crippen MR) is 122 cm³/mol. The maximum absolute atomic E-state index is 12.1. The van der Waals surface area contributed by atoms with E-state index < -0.39 is 22.1 Å². The Morgan fingerprint density at radius 3 is 2.62 bits per heavy atom. The molecule has 0 saturated heterocycles. The largest absolute Gasteiger partial charge is 0.490 e. The second kappa shape index (κ2) is 15.3. The number of benzene rings is 1. The third-order valence-electron chi connectivity index (χ3n) is 4.36. The minimum atomic E-state index is -3.44. The molecular weight excluding hydrogens is 434 g/mol. The molecule has 1 rings (SSSR count). The highest BCUT2D eigenvalue weighted by Gasteiger charge is 2.15. The van der Waals surface area contributed by atoms with Gasteiger partial charge in [0.05, 0.1) is 19.4 Å². The molecule has 0 saturated carbocycles. The minimum Gasteiger partial charge on any atom is -0.490 e. The van der Waals surface area contributed by atoms with Gasteiger partial charge in [-0.05, 0) is 50.3 Å². The van der Waals surface area contributed by atoms with E-state index in [2.05, 4.69) is 21.3 Å². The van der Waals surface area contributed by atoms with Crippen molar-refractivity contribution in [1.29, 1.82) is 0 Å². The van der Waals surface area contributed by atoms with Crippen LogP contribution in [-0.4, -0.2) is 52.5 Å². The maximum atomic E-state index is 12.1. The third kappa shape index (κ3) is 13.7. The summed E-state index contributed by atoms with van der Waals surface area (Å²) in [6, 6.07) is 7.57. The van der Waals surface area contributed by atoms with E-state index in [0.717, 1.165) is 5.56 Å². The molecular formula is C23H33NO7S. The highest BCUT2D eigenvalue weighted by atomic mass is 32.2. The minimum absolute atomic E-state index is 0.0287. The summed E-state index contributed by atoms with van der Waals surface area (Å²) in [6.07, 6.45) is 2.41. The lowest BCUT2D eigenvalue weighted by atomic mass is 10.1. The second-order valence-electron chi connectivity index (χ2n) is 7.28. The summed E-state index contributed by atoms with van der Waals surface area (Å²) < 4.78 is 42.1. The Kier molecular flexibility index (Phi) is 13.1. The number of ether oxygens (including phenoxy) is 3. The van der Waals surface area contributed by atoms with Gasteiger partial charge < -0.3 is 14.2 Å². The zero-order valence-electron chi connectivity index (χ0n) is 19.0. The van der Waals surface area contributed by atoms with Gasteiger partial charge in [-0.15, -0.1) is 5.92 Å². The van der Waals surface area contributed by atoms with E-state index in [1.54, 1.807) is 0 Å². The standard InChI is InChI=1S/C23H33NO7S/c1-19-11-10-13-21(17-19)30-18-22(31-20(2)25)12-7-9-16-32(27,28)24-15-8-5-4-6-14-23(26)29-3/h10-11,13,17,22,24H,4,6-7,9,12,14-16,18H2,1-3H3. The van der Waals surface area contributed by atoms with Crippen LogP contribution in [0.2, 0.25) is 0 Å². The zero-order valence-corrected chi connectivity index (χ0v) is 19.8. The van der Waals surface area contributed by atoms with Gasteiger partial charge in [-0.3, -0.25) is 9.59 Å². The Morgan fingerprint density at radius 2 is 1.94 bits per heavy atom. The number of hydrogen-bond donors (Lipinski definition) is 1. The molecule has 0 radical (unpaired) electrons. The zero-order chi connectivity index (χ0) is 23.8. The smallest absolute Gasteiger partial charge is 0.305 e. The number of nitrogens with one attached hydrogen (secondary N) is 1. The molecule has 1 aromatic carbocycles. The Balaban J connectivity index is 2.31. The average molecular weight is 468 g/mol. The van der Waals surface area contributed by atoms with E-state index in [1.165, 1.54) is 14.0 Å². The number of carbonyl (C=O) groups is 2. The molecule has 0 aliphatic heterocycles. The first-order chi connectivity index (χ1) is 15.2. The molecule has 0 aliphatic rings. The first-order valence-electron chi connectivity index (χ1n) is 10.6. The molecule has 32 heavy (non-hydrogen) atoms. The normalized spacial score (nSPS) is 11.7. The first-order valence-corrected chi connectivity index (χ1v) is 12.2. The third-order valence-corrected chi connectivity index (χ3v) is 5.77. The summed E-state index contributed by atoms with van der Waals surface area (Å²) >= 11 is 0. The van der Waals surface area contributed by atoms with Gasteiger partial charge >= 0.3 is 11.9 Å². The average Bonchev–Trinajstić information content (AvgIpc) is 2.73. The Bertz CT molecular complexity index is 887. The number of carbonyl (C=O) groups excluding carboxylic acids is 2. The van der Waals surface area contributed by atoms with Crippen molar-refractivity contribution in [3.63, 3.8) is 0 Å². The molecule has 0 aromatic heterocycles. The van der Waals surface area contributed by atoms with Crippen molar-refractivity contribution in [2.75, 3.05) is 26.0 Å². The van der Waals surface area contributed by atoms with Crippen molar-refractivity contribution in [2.45, 2.75) is 58.5 Å². The number of unbranched alkanes of at least 4 members (excludes halogenated alkanes) is 2. The van der Waals surface area contributed by atoms with Crippen LogP contribution in [0.25, 0.3) is 0 Å². The fourth-order valence-corrected chi connectivity index (χ4v) is 3.78. The molecule has 1 atom stereocenters. The molecule has 178 valence electrons. The van der Waals surface area contributed by atoms with Crippen molar-refractivity contribution in [1.82, 2.24) is 4.72 Å². The van der Waals surface area contributed by atoms with Crippen LogP contribution in [0, 0.1) is 18.8 Å². The number of esters is 2.